The molecule has 0 saturated carbocycles. The van der Waals surface area contributed by atoms with Crippen molar-refractivity contribution >= 4 is 47.0 Å². The van der Waals surface area contributed by atoms with E-state index in [0.717, 1.165) is 48.3 Å². The summed E-state index contributed by atoms with van der Waals surface area (Å²) in [5, 5.41) is 10.2. The number of benzene rings is 1. The predicted octanol–water partition coefficient (Wildman–Crippen LogP) is 4.40. The van der Waals surface area contributed by atoms with Crippen molar-refractivity contribution in [3.63, 3.8) is 0 Å². The molecule has 3 rings (SSSR count). The first-order valence-electron chi connectivity index (χ1n) is 10.2. The molecular weight excluding hydrogens is 509 g/mol. The summed E-state index contributed by atoms with van der Waals surface area (Å²) < 4.78 is 5.37. The zero-order valence-corrected chi connectivity index (χ0v) is 21.7. The zero-order chi connectivity index (χ0) is 20.9. The van der Waals surface area contributed by atoms with Gasteiger partial charge in [-0.1, -0.05) is 26.8 Å². The molecule has 0 radical (unpaired) electrons. The Balaban J connectivity index is 0.00000320. The number of anilines is 1. The highest BCUT2D eigenvalue weighted by Crippen LogP contribution is 2.25. The second kappa shape index (κ2) is 11.2. The molecule has 2 aromatic rings. The minimum Gasteiger partial charge on any atom is -0.497 e. The number of guanidine groups is 1. The molecule has 30 heavy (non-hydrogen) atoms. The summed E-state index contributed by atoms with van der Waals surface area (Å²) in [4.78, 5) is 11.6. The smallest absolute Gasteiger partial charge is 0.191 e. The summed E-state index contributed by atoms with van der Waals surface area (Å²) in [6.07, 6.45) is 2.28. The van der Waals surface area contributed by atoms with Crippen LogP contribution in [0.3, 0.4) is 0 Å². The number of nitrogens with zero attached hydrogens (tertiary/aromatic N) is 3. The van der Waals surface area contributed by atoms with E-state index in [1.54, 1.807) is 18.4 Å². The SMILES string of the molecule is CN=C(NCc1nc(C(C)(C)C)cs1)NC1CCCN(c2cccc(OC)c2)C1.I. The standard InChI is InChI=1S/C22H33N5OS.HI/c1-22(2,3)19-15-29-20(26-19)13-24-21(23-4)25-16-8-7-11-27(14-16)17-9-6-10-18(12-17)28-5;/h6,9-10,12,15-16H,7-8,11,13-14H2,1-5H3,(H2,23,24,25);1H. The first-order valence-corrected chi connectivity index (χ1v) is 11.1. The minimum atomic E-state index is 0. The Morgan fingerprint density at radius 1 is 1.37 bits per heavy atom. The van der Waals surface area contributed by atoms with Gasteiger partial charge in [0, 0.05) is 48.7 Å². The topological polar surface area (TPSA) is 61.8 Å². The molecule has 0 aliphatic carbocycles. The molecule has 0 bridgehead atoms. The Labute approximate surface area is 201 Å². The van der Waals surface area contributed by atoms with Crippen LogP contribution in [0.1, 0.15) is 44.3 Å². The van der Waals surface area contributed by atoms with E-state index >= 15 is 0 Å². The number of methoxy groups -OCH3 is 1. The van der Waals surface area contributed by atoms with Gasteiger partial charge in [-0.15, -0.1) is 35.3 Å². The average molecular weight is 544 g/mol. The molecule has 1 aromatic heterocycles. The first kappa shape index (κ1) is 24.7. The predicted molar refractivity (Wildman–Crippen MR) is 138 cm³/mol. The molecule has 1 unspecified atom stereocenters. The number of thiazole rings is 1. The second-order valence-corrected chi connectivity index (χ2v) is 9.38. The highest BCUT2D eigenvalue weighted by atomic mass is 127. The van der Waals surface area contributed by atoms with Crippen LogP contribution in [0.5, 0.6) is 5.75 Å². The molecule has 1 saturated heterocycles. The van der Waals surface area contributed by atoms with Gasteiger partial charge in [0.2, 0.25) is 0 Å². The number of hydrogen-bond acceptors (Lipinski definition) is 5. The lowest BCUT2D eigenvalue weighted by Gasteiger charge is -2.35. The van der Waals surface area contributed by atoms with Crippen LogP contribution < -0.4 is 20.3 Å². The number of rotatable bonds is 5. The fourth-order valence-electron chi connectivity index (χ4n) is 3.42. The fourth-order valence-corrected chi connectivity index (χ4v) is 4.38. The highest BCUT2D eigenvalue weighted by Gasteiger charge is 2.22. The van der Waals surface area contributed by atoms with E-state index in [2.05, 4.69) is 58.8 Å². The van der Waals surface area contributed by atoms with Crippen molar-refractivity contribution in [2.75, 3.05) is 32.1 Å². The number of hydrogen-bond donors (Lipinski definition) is 2. The average Bonchev–Trinajstić information content (AvgIpc) is 3.21. The third-order valence-corrected chi connectivity index (χ3v) is 5.98. The summed E-state index contributed by atoms with van der Waals surface area (Å²) in [5.74, 6) is 1.73. The number of aliphatic imine (C=N–C) groups is 1. The quantitative estimate of drug-likeness (QED) is 0.333. The third-order valence-electron chi connectivity index (χ3n) is 5.13. The molecule has 1 fully saturated rings. The number of ether oxygens (including phenoxy) is 1. The molecule has 0 amide bonds. The van der Waals surface area contributed by atoms with Gasteiger partial charge in [0.1, 0.15) is 10.8 Å². The monoisotopic (exact) mass is 543 g/mol. The van der Waals surface area contributed by atoms with Crippen molar-refractivity contribution in [2.45, 2.75) is 51.6 Å². The van der Waals surface area contributed by atoms with E-state index in [1.807, 2.05) is 19.2 Å². The van der Waals surface area contributed by atoms with Crippen molar-refractivity contribution in [1.29, 1.82) is 0 Å². The van der Waals surface area contributed by atoms with Crippen molar-refractivity contribution < 1.29 is 4.74 Å². The molecule has 2 N–H and O–H groups in total. The van der Waals surface area contributed by atoms with Crippen LogP contribution in [0.15, 0.2) is 34.6 Å². The maximum absolute atomic E-state index is 5.37. The summed E-state index contributed by atoms with van der Waals surface area (Å²) >= 11 is 1.70. The Morgan fingerprint density at radius 2 is 2.17 bits per heavy atom. The molecule has 0 spiro atoms. The van der Waals surface area contributed by atoms with E-state index < -0.39 is 0 Å². The van der Waals surface area contributed by atoms with Crippen molar-refractivity contribution in [1.82, 2.24) is 15.6 Å². The summed E-state index contributed by atoms with van der Waals surface area (Å²) in [6.45, 7) is 9.27. The van der Waals surface area contributed by atoms with Crippen molar-refractivity contribution in [3.8, 4) is 5.75 Å². The third kappa shape index (κ3) is 6.73. The van der Waals surface area contributed by atoms with Gasteiger partial charge in [-0.25, -0.2) is 4.98 Å². The minimum absolute atomic E-state index is 0. The van der Waals surface area contributed by atoms with Crippen LogP contribution in [0.4, 0.5) is 5.69 Å². The number of halogens is 1. The largest absolute Gasteiger partial charge is 0.497 e. The Bertz CT molecular complexity index is 833. The van der Waals surface area contributed by atoms with Crippen molar-refractivity contribution in [2.24, 2.45) is 4.99 Å². The summed E-state index contributed by atoms with van der Waals surface area (Å²) in [6, 6.07) is 8.63. The Kier molecular flexibility index (Phi) is 9.21. The molecule has 2 heterocycles. The van der Waals surface area contributed by atoms with E-state index in [0.29, 0.717) is 12.6 Å². The maximum atomic E-state index is 5.37. The molecule has 166 valence electrons. The van der Waals surface area contributed by atoms with Crippen LogP contribution in [0.2, 0.25) is 0 Å². The van der Waals surface area contributed by atoms with Crippen LogP contribution in [0.25, 0.3) is 0 Å². The molecule has 1 aliphatic heterocycles. The van der Waals surface area contributed by atoms with Gasteiger partial charge >= 0.3 is 0 Å². The number of piperidine rings is 1. The van der Waals surface area contributed by atoms with Gasteiger partial charge < -0.3 is 20.3 Å². The van der Waals surface area contributed by atoms with Crippen LogP contribution >= 0.6 is 35.3 Å². The first-order chi connectivity index (χ1) is 13.9. The number of aromatic nitrogens is 1. The zero-order valence-electron chi connectivity index (χ0n) is 18.6. The van der Waals surface area contributed by atoms with Gasteiger partial charge in [0.05, 0.1) is 19.3 Å². The molecule has 1 atom stereocenters. The van der Waals surface area contributed by atoms with Gasteiger partial charge in [-0.2, -0.15) is 0 Å². The number of nitrogens with one attached hydrogen (secondary N) is 2. The normalized spacial score (nSPS) is 17.3. The van der Waals surface area contributed by atoms with E-state index in [1.165, 1.54) is 5.69 Å². The Hall–Kier alpha value is -1.55. The van der Waals surface area contributed by atoms with Gasteiger partial charge in [0.25, 0.3) is 0 Å². The molecule has 1 aliphatic rings. The van der Waals surface area contributed by atoms with Crippen LogP contribution in [-0.4, -0.2) is 44.2 Å². The van der Waals surface area contributed by atoms with Gasteiger partial charge in [0.15, 0.2) is 5.96 Å². The van der Waals surface area contributed by atoms with Crippen LogP contribution in [-0.2, 0) is 12.0 Å². The summed E-state index contributed by atoms with van der Waals surface area (Å²) in [5.41, 5.74) is 2.43. The second-order valence-electron chi connectivity index (χ2n) is 8.43. The fraction of sp³-hybridized carbons (Fsp3) is 0.545. The lowest BCUT2D eigenvalue weighted by Crippen LogP contribution is -2.51. The molecule has 1 aromatic carbocycles. The maximum Gasteiger partial charge on any atom is 0.191 e. The van der Waals surface area contributed by atoms with E-state index in [-0.39, 0.29) is 29.4 Å². The van der Waals surface area contributed by atoms with E-state index in [9.17, 15) is 0 Å². The summed E-state index contributed by atoms with van der Waals surface area (Å²) in [7, 11) is 3.53. The Morgan fingerprint density at radius 3 is 2.83 bits per heavy atom. The molecular formula is C22H34IN5OS. The van der Waals surface area contributed by atoms with Gasteiger partial charge in [-0.3, -0.25) is 4.99 Å². The van der Waals surface area contributed by atoms with E-state index in [4.69, 9.17) is 9.72 Å². The lowest BCUT2D eigenvalue weighted by atomic mass is 9.93. The molecule has 8 heteroatoms. The van der Waals surface area contributed by atoms with Crippen molar-refractivity contribution in [3.05, 3.63) is 40.3 Å². The van der Waals surface area contributed by atoms with Gasteiger partial charge in [-0.05, 0) is 25.0 Å². The van der Waals surface area contributed by atoms with Crippen LogP contribution in [0, 0.1) is 0 Å². The lowest BCUT2D eigenvalue weighted by molar-refractivity contribution is 0.414. The molecule has 6 nitrogen and oxygen atoms in total. The highest BCUT2D eigenvalue weighted by molar-refractivity contribution is 14.0.